The molecule has 0 radical (unpaired) electrons. The Bertz CT molecular complexity index is 727. The second-order valence-electron chi connectivity index (χ2n) is 4.71. The van der Waals surface area contributed by atoms with Crippen molar-refractivity contribution >= 4 is 0 Å². The molecule has 2 N–H and O–H groups in total. The first-order valence-electron chi connectivity index (χ1n) is 6.88. The van der Waals surface area contributed by atoms with Gasteiger partial charge in [-0.1, -0.05) is 6.92 Å². The van der Waals surface area contributed by atoms with Crippen molar-refractivity contribution in [3.63, 3.8) is 0 Å². The molecule has 0 aliphatic rings. The van der Waals surface area contributed by atoms with E-state index in [4.69, 9.17) is 4.42 Å². The van der Waals surface area contributed by atoms with E-state index in [1.807, 2.05) is 6.92 Å². The minimum absolute atomic E-state index is 0.0158. The van der Waals surface area contributed by atoms with Crippen LogP contribution in [0, 0.1) is 6.92 Å². The van der Waals surface area contributed by atoms with Crippen molar-refractivity contribution < 1.29 is 9.52 Å². The molecule has 0 saturated carbocycles. The molecule has 0 aromatic carbocycles. The summed E-state index contributed by atoms with van der Waals surface area (Å²) in [6.45, 7) is 4.41. The van der Waals surface area contributed by atoms with Gasteiger partial charge in [-0.25, -0.2) is 9.67 Å². The molecule has 3 heterocycles. The van der Waals surface area contributed by atoms with Gasteiger partial charge in [0.25, 0.3) is 0 Å². The number of hydrogen-bond donors (Lipinski definition) is 2. The fraction of sp³-hybridized carbons (Fsp3) is 0.357. The van der Waals surface area contributed by atoms with Crippen molar-refractivity contribution in [2.45, 2.75) is 26.8 Å². The molecular weight excluding hydrogens is 270 g/mol. The van der Waals surface area contributed by atoms with Crippen LogP contribution in [0.2, 0.25) is 0 Å². The molecule has 3 aromatic heterocycles. The summed E-state index contributed by atoms with van der Waals surface area (Å²) in [5, 5.41) is 21.0. The van der Waals surface area contributed by atoms with Crippen molar-refractivity contribution in [1.29, 1.82) is 0 Å². The lowest BCUT2D eigenvalue weighted by Crippen LogP contribution is -2.06. The van der Waals surface area contributed by atoms with Crippen LogP contribution >= 0.6 is 0 Å². The minimum Gasteiger partial charge on any atom is -0.461 e. The fourth-order valence-electron chi connectivity index (χ4n) is 2.27. The number of nitrogens with zero attached hydrogens (tertiary/aromatic N) is 4. The van der Waals surface area contributed by atoms with Crippen LogP contribution in [0.25, 0.3) is 23.1 Å². The number of nitrogens with one attached hydrogen (secondary N) is 1. The van der Waals surface area contributed by atoms with Crippen LogP contribution in [0.4, 0.5) is 0 Å². The van der Waals surface area contributed by atoms with Gasteiger partial charge in [-0.05, 0) is 25.5 Å². The lowest BCUT2D eigenvalue weighted by atomic mass is 10.1. The van der Waals surface area contributed by atoms with Gasteiger partial charge in [0.1, 0.15) is 5.69 Å². The molecule has 110 valence electrons. The number of aromatic nitrogens is 5. The first kappa shape index (κ1) is 13.6. The Morgan fingerprint density at radius 1 is 1.43 bits per heavy atom. The van der Waals surface area contributed by atoms with Crippen molar-refractivity contribution in [2.75, 3.05) is 6.61 Å². The molecule has 0 aliphatic carbocycles. The van der Waals surface area contributed by atoms with Crippen molar-refractivity contribution in [3.05, 3.63) is 29.7 Å². The third-order valence-corrected chi connectivity index (χ3v) is 3.40. The van der Waals surface area contributed by atoms with E-state index in [-0.39, 0.29) is 6.61 Å². The number of aliphatic hydroxyl groups excluding tert-OH is 1. The van der Waals surface area contributed by atoms with Gasteiger partial charge < -0.3 is 9.52 Å². The molecule has 7 heteroatoms. The van der Waals surface area contributed by atoms with Crippen LogP contribution in [-0.2, 0) is 13.0 Å². The van der Waals surface area contributed by atoms with Crippen LogP contribution in [0.5, 0.6) is 0 Å². The monoisotopic (exact) mass is 287 g/mol. The molecule has 0 atom stereocenters. The van der Waals surface area contributed by atoms with E-state index in [9.17, 15) is 5.11 Å². The summed E-state index contributed by atoms with van der Waals surface area (Å²) in [5.74, 6) is 1.71. The Kier molecular flexibility index (Phi) is 3.57. The molecule has 0 amide bonds. The maximum Gasteiger partial charge on any atom is 0.217 e. The maximum atomic E-state index is 9.21. The Balaban J connectivity index is 2.09. The smallest absolute Gasteiger partial charge is 0.217 e. The topological polar surface area (TPSA) is 92.8 Å². The lowest BCUT2D eigenvalue weighted by molar-refractivity contribution is 0.270. The van der Waals surface area contributed by atoms with Crippen molar-refractivity contribution in [2.24, 2.45) is 0 Å². The van der Waals surface area contributed by atoms with Crippen molar-refractivity contribution in [3.8, 4) is 23.1 Å². The summed E-state index contributed by atoms with van der Waals surface area (Å²) in [4.78, 5) is 4.51. The van der Waals surface area contributed by atoms with E-state index in [0.29, 0.717) is 24.0 Å². The quantitative estimate of drug-likeness (QED) is 0.746. The molecule has 7 nitrogen and oxygen atoms in total. The molecule has 0 aliphatic heterocycles. The number of aliphatic hydroxyl groups is 1. The lowest BCUT2D eigenvalue weighted by Gasteiger charge is -2.02. The predicted molar refractivity (Wildman–Crippen MR) is 76.5 cm³/mol. The van der Waals surface area contributed by atoms with Crippen LogP contribution in [0.3, 0.4) is 0 Å². The molecule has 0 spiro atoms. The highest BCUT2D eigenvalue weighted by molar-refractivity contribution is 5.59. The molecule has 0 fully saturated rings. The first-order chi connectivity index (χ1) is 10.2. The number of H-pyrrole nitrogens is 1. The van der Waals surface area contributed by atoms with E-state index in [0.717, 1.165) is 23.4 Å². The Labute approximate surface area is 121 Å². The Morgan fingerprint density at radius 2 is 2.29 bits per heavy atom. The standard InChI is InChI=1S/C14H17N5O2/c1-3-10-9(2)12(17-16-10)14-15-13(11-5-4-8-21-11)18-19(14)6-7-20/h4-5,8,20H,3,6-7H2,1-2H3,(H,16,17). The molecule has 21 heavy (non-hydrogen) atoms. The van der Waals surface area contributed by atoms with Gasteiger partial charge in [0.2, 0.25) is 5.82 Å². The third-order valence-electron chi connectivity index (χ3n) is 3.40. The van der Waals surface area contributed by atoms with Crippen molar-refractivity contribution in [1.82, 2.24) is 25.0 Å². The van der Waals surface area contributed by atoms with Gasteiger partial charge >= 0.3 is 0 Å². The average Bonchev–Trinajstić information content (AvgIpc) is 3.18. The summed E-state index contributed by atoms with van der Waals surface area (Å²) in [5.41, 5.74) is 2.88. The zero-order valence-corrected chi connectivity index (χ0v) is 12.0. The highest BCUT2D eigenvalue weighted by Crippen LogP contribution is 2.25. The molecule has 3 rings (SSSR count). The van der Waals surface area contributed by atoms with Crippen LogP contribution in [0.1, 0.15) is 18.2 Å². The molecule has 3 aromatic rings. The van der Waals surface area contributed by atoms with Crippen LogP contribution in [0.15, 0.2) is 22.8 Å². The van der Waals surface area contributed by atoms with E-state index < -0.39 is 0 Å². The van der Waals surface area contributed by atoms with E-state index in [2.05, 4.69) is 27.2 Å². The summed E-state index contributed by atoms with van der Waals surface area (Å²) < 4.78 is 6.98. The Hall–Kier alpha value is -2.41. The summed E-state index contributed by atoms with van der Waals surface area (Å²) >= 11 is 0. The second kappa shape index (κ2) is 5.53. The summed E-state index contributed by atoms with van der Waals surface area (Å²) in [6.07, 6.45) is 2.45. The summed E-state index contributed by atoms with van der Waals surface area (Å²) in [7, 11) is 0. The van der Waals surface area contributed by atoms with Gasteiger partial charge in [0, 0.05) is 11.3 Å². The number of hydrogen-bond acceptors (Lipinski definition) is 5. The van der Waals surface area contributed by atoms with E-state index in [1.54, 1.807) is 23.1 Å². The zero-order valence-electron chi connectivity index (χ0n) is 12.0. The second-order valence-corrected chi connectivity index (χ2v) is 4.71. The van der Waals surface area contributed by atoms with Gasteiger partial charge in [-0.3, -0.25) is 5.10 Å². The number of rotatable bonds is 5. The first-order valence-corrected chi connectivity index (χ1v) is 6.88. The normalized spacial score (nSPS) is 11.2. The molecular formula is C14H17N5O2. The highest BCUT2D eigenvalue weighted by atomic mass is 16.3. The number of aromatic amines is 1. The zero-order chi connectivity index (χ0) is 14.8. The fourth-order valence-corrected chi connectivity index (χ4v) is 2.27. The van der Waals surface area contributed by atoms with E-state index in [1.165, 1.54) is 0 Å². The SMILES string of the molecule is CCc1[nH]nc(-c2nc(-c3ccco3)nn2CCO)c1C. The van der Waals surface area contributed by atoms with Crippen LogP contribution in [-0.4, -0.2) is 36.7 Å². The van der Waals surface area contributed by atoms with E-state index >= 15 is 0 Å². The average molecular weight is 287 g/mol. The maximum absolute atomic E-state index is 9.21. The van der Waals surface area contributed by atoms with Gasteiger partial charge in [0.05, 0.1) is 19.4 Å². The number of furan rings is 1. The molecule has 0 bridgehead atoms. The largest absolute Gasteiger partial charge is 0.461 e. The highest BCUT2D eigenvalue weighted by Gasteiger charge is 2.19. The van der Waals surface area contributed by atoms with Gasteiger partial charge in [-0.2, -0.15) is 5.10 Å². The number of aryl methyl sites for hydroxylation is 1. The van der Waals surface area contributed by atoms with Crippen LogP contribution < -0.4 is 0 Å². The molecule has 0 saturated heterocycles. The Morgan fingerprint density at radius 3 is 2.90 bits per heavy atom. The van der Waals surface area contributed by atoms with Gasteiger partial charge in [0.15, 0.2) is 11.6 Å². The minimum atomic E-state index is -0.0158. The third kappa shape index (κ3) is 2.36. The summed E-state index contributed by atoms with van der Waals surface area (Å²) in [6, 6.07) is 3.59. The van der Waals surface area contributed by atoms with Gasteiger partial charge in [-0.15, -0.1) is 5.10 Å². The predicted octanol–water partition coefficient (Wildman–Crippen LogP) is 1.79. The molecule has 0 unspecified atom stereocenters.